The Labute approximate surface area is 106 Å². The highest BCUT2D eigenvalue weighted by Gasteiger charge is 2.28. The standard InChI is InChI=1S/C13H17NO4/c1-13(2,3)18-10-6-7-11(14(15)16)12(8-10)17-9-4-5-9/h6-9H,4-5H2,1-3H3. The van der Waals surface area contributed by atoms with Crippen molar-refractivity contribution in [2.75, 3.05) is 0 Å². The van der Waals surface area contributed by atoms with Crippen LogP contribution < -0.4 is 9.47 Å². The van der Waals surface area contributed by atoms with Crippen LogP contribution in [0.1, 0.15) is 33.6 Å². The van der Waals surface area contributed by atoms with Gasteiger partial charge in [-0.1, -0.05) is 0 Å². The number of nitrogens with zero attached hydrogens (tertiary/aromatic N) is 1. The van der Waals surface area contributed by atoms with E-state index in [1.54, 1.807) is 12.1 Å². The van der Waals surface area contributed by atoms with E-state index in [2.05, 4.69) is 0 Å². The first-order valence-corrected chi connectivity index (χ1v) is 5.99. The summed E-state index contributed by atoms with van der Waals surface area (Å²) >= 11 is 0. The van der Waals surface area contributed by atoms with E-state index >= 15 is 0 Å². The van der Waals surface area contributed by atoms with E-state index in [1.807, 2.05) is 20.8 Å². The maximum atomic E-state index is 10.9. The number of ether oxygens (including phenoxy) is 2. The summed E-state index contributed by atoms with van der Waals surface area (Å²) in [6.45, 7) is 5.78. The Balaban J connectivity index is 2.25. The fraction of sp³-hybridized carbons (Fsp3) is 0.538. The van der Waals surface area contributed by atoms with Gasteiger partial charge in [-0.2, -0.15) is 0 Å². The van der Waals surface area contributed by atoms with Gasteiger partial charge in [0.2, 0.25) is 5.75 Å². The smallest absolute Gasteiger partial charge is 0.311 e. The maximum absolute atomic E-state index is 10.9. The van der Waals surface area contributed by atoms with Gasteiger partial charge in [-0.3, -0.25) is 10.1 Å². The minimum atomic E-state index is -0.432. The SMILES string of the molecule is CC(C)(C)Oc1ccc([N+](=O)[O-])c(OC2CC2)c1. The molecule has 0 bridgehead atoms. The van der Waals surface area contributed by atoms with Gasteiger partial charge in [-0.25, -0.2) is 0 Å². The Morgan fingerprint density at radius 2 is 2.00 bits per heavy atom. The lowest BCUT2D eigenvalue weighted by Gasteiger charge is -2.21. The van der Waals surface area contributed by atoms with E-state index in [9.17, 15) is 10.1 Å². The molecule has 98 valence electrons. The summed E-state index contributed by atoms with van der Waals surface area (Å²) < 4.78 is 11.2. The molecule has 1 aromatic carbocycles. The van der Waals surface area contributed by atoms with Crippen molar-refractivity contribution in [1.29, 1.82) is 0 Å². The third kappa shape index (κ3) is 3.35. The summed E-state index contributed by atoms with van der Waals surface area (Å²) in [6.07, 6.45) is 2.04. The van der Waals surface area contributed by atoms with Crippen LogP contribution in [-0.4, -0.2) is 16.6 Å². The molecule has 1 aromatic rings. The van der Waals surface area contributed by atoms with Gasteiger partial charge in [0.15, 0.2) is 0 Å². The van der Waals surface area contributed by atoms with Crippen LogP contribution in [0.5, 0.6) is 11.5 Å². The highest BCUT2D eigenvalue weighted by molar-refractivity contribution is 5.51. The van der Waals surface area contributed by atoms with E-state index in [0.717, 1.165) is 12.8 Å². The van der Waals surface area contributed by atoms with Gasteiger partial charge in [-0.15, -0.1) is 0 Å². The topological polar surface area (TPSA) is 61.6 Å². The molecule has 0 aromatic heterocycles. The van der Waals surface area contributed by atoms with Crippen molar-refractivity contribution in [3.63, 3.8) is 0 Å². The zero-order valence-corrected chi connectivity index (χ0v) is 10.8. The number of nitro benzene ring substituents is 1. The lowest BCUT2D eigenvalue weighted by molar-refractivity contribution is -0.386. The van der Waals surface area contributed by atoms with Crippen LogP contribution in [0.2, 0.25) is 0 Å². The minimum Gasteiger partial charge on any atom is -0.488 e. The molecule has 0 radical (unpaired) electrons. The molecule has 0 atom stereocenters. The van der Waals surface area contributed by atoms with E-state index < -0.39 is 4.92 Å². The second-order valence-corrected chi connectivity index (χ2v) is 5.42. The van der Waals surface area contributed by atoms with Gasteiger partial charge in [0.1, 0.15) is 11.4 Å². The van der Waals surface area contributed by atoms with Gasteiger partial charge in [0.05, 0.1) is 11.0 Å². The molecule has 0 heterocycles. The van der Waals surface area contributed by atoms with E-state index in [1.165, 1.54) is 6.07 Å². The van der Waals surface area contributed by atoms with Crippen molar-refractivity contribution >= 4 is 5.69 Å². The molecule has 18 heavy (non-hydrogen) atoms. The second kappa shape index (κ2) is 4.48. The molecule has 5 heteroatoms. The quantitative estimate of drug-likeness (QED) is 0.608. The van der Waals surface area contributed by atoms with Crippen LogP contribution in [-0.2, 0) is 0 Å². The monoisotopic (exact) mass is 251 g/mol. The van der Waals surface area contributed by atoms with Crippen molar-refractivity contribution < 1.29 is 14.4 Å². The Morgan fingerprint density at radius 3 is 2.50 bits per heavy atom. The molecule has 0 aliphatic heterocycles. The fourth-order valence-electron chi connectivity index (χ4n) is 1.52. The zero-order valence-electron chi connectivity index (χ0n) is 10.8. The molecule has 0 N–H and O–H groups in total. The molecule has 5 nitrogen and oxygen atoms in total. The van der Waals surface area contributed by atoms with Gasteiger partial charge < -0.3 is 9.47 Å². The van der Waals surface area contributed by atoms with Crippen LogP contribution >= 0.6 is 0 Å². The number of hydrogen-bond donors (Lipinski definition) is 0. The molecule has 1 fully saturated rings. The van der Waals surface area contributed by atoms with Crippen molar-refractivity contribution in [3.8, 4) is 11.5 Å². The summed E-state index contributed by atoms with van der Waals surface area (Å²) in [7, 11) is 0. The Hall–Kier alpha value is -1.78. The van der Waals surface area contributed by atoms with Crippen molar-refractivity contribution in [2.45, 2.75) is 45.3 Å². The lowest BCUT2D eigenvalue weighted by Crippen LogP contribution is -2.22. The zero-order chi connectivity index (χ0) is 13.3. The normalized spacial score (nSPS) is 15.3. The molecule has 1 aliphatic rings. The van der Waals surface area contributed by atoms with E-state index in [4.69, 9.17) is 9.47 Å². The average Bonchev–Trinajstić information content (AvgIpc) is 2.98. The molecular weight excluding hydrogens is 234 g/mol. The Kier molecular flexibility index (Phi) is 3.15. The minimum absolute atomic E-state index is 0.0110. The first-order chi connectivity index (χ1) is 8.35. The molecule has 0 amide bonds. The van der Waals surface area contributed by atoms with Crippen LogP contribution in [0.25, 0.3) is 0 Å². The molecule has 0 spiro atoms. The third-order valence-electron chi connectivity index (χ3n) is 2.37. The van der Waals surface area contributed by atoms with E-state index in [0.29, 0.717) is 11.5 Å². The third-order valence-corrected chi connectivity index (χ3v) is 2.37. The molecular formula is C13H17NO4. The van der Waals surface area contributed by atoms with Crippen molar-refractivity contribution in [1.82, 2.24) is 0 Å². The number of hydrogen-bond acceptors (Lipinski definition) is 4. The number of nitro groups is 1. The lowest BCUT2D eigenvalue weighted by atomic mass is 10.2. The largest absolute Gasteiger partial charge is 0.488 e. The average molecular weight is 251 g/mol. The number of rotatable bonds is 4. The fourth-order valence-corrected chi connectivity index (χ4v) is 1.52. The summed E-state index contributed by atoms with van der Waals surface area (Å²) in [4.78, 5) is 10.5. The van der Waals surface area contributed by atoms with Crippen molar-refractivity contribution in [2.24, 2.45) is 0 Å². The second-order valence-electron chi connectivity index (χ2n) is 5.42. The molecule has 0 unspecified atom stereocenters. The summed E-state index contributed by atoms with van der Waals surface area (Å²) in [5, 5.41) is 10.9. The highest BCUT2D eigenvalue weighted by atomic mass is 16.6. The Bertz CT molecular complexity index is 461. The van der Waals surface area contributed by atoms with Crippen LogP contribution in [0.3, 0.4) is 0 Å². The summed E-state index contributed by atoms with van der Waals surface area (Å²) in [5.74, 6) is 0.882. The molecule has 1 aliphatic carbocycles. The predicted molar refractivity (Wildman–Crippen MR) is 67.1 cm³/mol. The molecule has 0 saturated heterocycles. The first kappa shape index (κ1) is 12.7. The van der Waals surface area contributed by atoms with Crippen LogP contribution in [0.4, 0.5) is 5.69 Å². The Morgan fingerprint density at radius 1 is 1.33 bits per heavy atom. The molecule has 1 saturated carbocycles. The van der Waals surface area contributed by atoms with Crippen molar-refractivity contribution in [3.05, 3.63) is 28.3 Å². The summed E-state index contributed by atoms with van der Waals surface area (Å²) in [5.41, 5.74) is -0.351. The highest BCUT2D eigenvalue weighted by Crippen LogP contribution is 2.36. The van der Waals surface area contributed by atoms with Gasteiger partial charge in [0.25, 0.3) is 0 Å². The number of benzene rings is 1. The summed E-state index contributed by atoms with van der Waals surface area (Å²) in [6, 6.07) is 4.63. The van der Waals surface area contributed by atoms with E-state index in [-0.39, 0.29) is 17.4 Å². The predicted octanol–water partition coefficient (Wildman–Crippen LogP) is 3.31. The molecule has 2 rings (SSSR count). The maximum Gasteiger partial charge on any atom is 0.311 e. The van der Waals surface area contributed by atoms with Gasteiger partial charge in [0, 0.05) is 12.1 Å². The van der Waals surface area contributed by atoms with Crippen LogP contribution in [0.15, 0.2) is 18.2 Å². The van der Waals surface area contributed by atoms with Gasteiger partial charge in [-0.05, 0) is 39.7 Å². The van der Waals surface area contributed by atoms with Crippen LogP contribution in [0, 0.1) is 10.1 Å². The van der Waals surface area contributed by atoms with Gasteiger partial charge >= 0.3 is 5.69 Å². The first-order valence-electron chi connectivity index (χ1n) is 5.99.